The summed E-state index contributed by atoms with van der Waals surface area (Å²) in [7, 11) is 1.86. The van der Waals surface area contributed by atoms with E-state index in [1.54, 1.807) is 0 Å². The van der Waals surface area contributed by atoms with E-state index in [4.69, 9.17) is 5.11 Å². The Labute approximate surface area is 54.3 Å². The van der Waals surface area contributed by atoms with Crippen molar-refractivity contribution in [3.63, 3.8) is 0 Å². The van der Waals surface area contributed by atoms with E-state index in [1.165, 1.54) is 0 Å². The molecule has 0 spiro atoms. The molecule has 0 aromatic rings. The first-order valence-electron chi connectivity index (χ1n) is 3.21. The Morgan fingerprint density at radius 2 is 2.33 bits per heavy atom. The summed E-state index contributed by atoms with van der Waals surface area (Å²) in [4.78, 5) is 1.89. The van der Waals surface area contributed by atoms with Gasteiger partial charge < -0.3 is 10.0 Å². The first-order valence-corrected chi connectivity index (χ1v) is 3.21. The smallest absolute Gasteiger partial charge is 0.138 e. The zero-order valence-corrected chi connectivity index (χ0v) is 5.55. The van der Waals surface area contributed by atoms with Crippen LogP contribution in [0, 0.1) is 0 Å². The van der Waals surface area contributed by atoms with Crippen LogP contribution in [0.3, 0.4) is 0 Å². The number of nitrogens with zero attached hydrogens (tertiary/aromatic N) is 1. The molecule has 3 heteroatoms. The molecule has 0 unspecified atom stereocenters. The fourth-order valence-corrected chi connectivity index (χ4v) is 1.04. The second kappa shape index (κ2) is 2.62. The highest BCUT2D eigenvalue weighted by atomic mass is 19.1. The highest BCUT2D eigenvalue weighted by Crippen LogP contribution is 2.11. The van der Waals surface area contributed by atoms with Gasteiger partial charge in [-0.3, -0.25) is 0 Å². The van der Waals surface area contributed by atoms with E-state index in [9.17, 15) is 4.39 Å². The third-order valence-electron chi connectivity index (χ3n) is 1.71. The number of aliphatic hydroxyl groups is 1. The van der Waals surface area contributed by atoms with Crippen LogP contribution in [-0.2, 0) is 0 Å². The standard InChI is InChI=1S/C6H12FNO/c1-8-3-2-6(9)5(7)4-8/h5-6,9H,2-4H2,1H3/t5-,6-/m0/s1. The van der Waals surface area contributed by atoms with Crippen LogP contribution < -0.4 is 0 Å². The SMILES string of the molecule is CN1CC[C@H](O)[C@@H](F)C1. The van der Waals surface area contributed by atoms with Crippen molar-refractivity contribution >= 4 is 0 Å². The Kier molecular flexibility index (Phi) is 2.03. The lowest BCUT2D eigenvalue weighted by Crippen LogP contribution is -2.42. The molecule has 0 aromatic carbocycles. The van der Waals surface area contributed by atoms with Gasteiger partial charge in [-0.05, 0) is 13.5 Å². The minimum atomic E-state index is -1.04. The summed E-state index contributed by atoms with van der Waals surface area (Å²) in [6.45, 7) is 1.18. The number of aliphatic hydroxyl groups excluding tert-OH is 1. The highest BCUT2D eigenvalue weighted by molar-refractivity contribution is 4.77. The number of piperidine rings is 1. The second-order valence-corrected chi connectivity index (χ2v) is 2.63. The van der Waals surface area contributed by atoms with Crippen molar-refractivity contribution in [3.05, 3.63) is 0 Å². The summed E-state index contributed by atoms with van der Waals surface area (Å²) in [6.07, 6.45) is -1.19. The highest BCUT2D eigenvalue weighted by Gasteiger charge is 2.24. The molecule has 1 N–H and O–H groups in total. The van der Waals surface area contributed by atoms with E-state index in [-0.39, 0.29) is 0 Å². The third kappa shape index (κ3) is 1.63. The van der Waals surface area contributed by atoms with E-state index >= 15 is 0 Å². The summed E-state index contributed by atoms with van der Waals surface area (Å²) in [5.41, 5.74) is 0. The van der Waals surface area contributed by atoms with Crippen LogP contribution in [0.4, 0.5) is 4.39 Å². The number of halogens is 1. The third-order valence-corrected chi connectivity index (χ3v) is 1.71. The molecule has 1 aliphatic heterocycles. The monoisotopic (exact) mass is 133 g/mol. The molecule has 0 amide bonds. The fraction of sp³-hybridized carbons (Fsp3) is 1.00. The van der Waals surface area contributed by atoms with Crippen molar-refractivity contribution in [2.24, 2.45) is 0 Å². The van der Waals surface area contributed by atoms with E-state index < -0.39 is 12.3 Å². The molecule has 1 heterocycles. The number of hydrogen-bond donors (Lipinski definition) is 1. The van der Waals surface area contributed by atoms with Crippen molar-refractivity contribution in [3.8, 4) is 0 Å². The van der Waals surface area contributed by atoms with Crippen LogP contribution in [0.25, 0.3) is 0 Å². The lowest BCUT2D eigenvalue weighted by molar-refractivity contribution is 0.0149. The molecule has 1 saturated heterocycles. The maximum absolute atomic E-state index is 12.5. The van der Waals surface area contributed by atoms with Gasteiger partial charge in [0.1, 0.15) is 6.17 Å². The van der Waals surface area contributed by atoms with Gasteiger partial charge in [0.2, 0.25) is 0 Å². The zero-order chi connectivity index (χ0) is 6.85. The molecular weight excluding hydrogens is 121 g/mol. The van der Waals surface area contributed by atoms with Crippen LogP contribution in [0.5, 0.6) is 0 Å². The number of rotatable bonds is 0. The van der Waals surface area contributed by atoms with Crippen LogP contribution in [0.2, 0.25) is 0 Å². The van der Waals surface area contributed by atoms with E-state index in [1.807, 2.05) is 11.9 Å². The first-order chi connectivity index (χ1) is 4.20. The Hall–Kier alpha value is -0.150. The predicted octanol–water partition coefficient (Wildman–Crippen LogP) is 0.0209. The summed E-state index contributed by atoms with van der Waals surface area (Å²) < 4.78 is 12.5. The van der Waals surface area contributed by atoms with Gasteiger partial charge >= 0.3 is 0 Å². The minimum Gasteiger partial charge on any atom is -0.390 e. The van der Waals surface area contributed by atoms with Crippen molar-refractivity contribution in [2.75, 3.05) is 20.1 Å². The molecule has 0 aliphatic carbocycles. The number of hydrogen-bond acceptors (Lipinski definition) is 2. The summed E-state index contributed by atoms with van der Waals surface area (Å²) in [5, 5.41) is 8.89. The van der Waals surface area contributed by atoms with Gasteiger partial charge in [-0.25, -0.2) is 4.39 Å². The maximum atomic E-state index is 12.5. The van der Waals surface area contributed by atoms with Crippen LogP contribution in [0.15, 0.2) is 0 Å². The van der Waals surface area contributed by atoms with Gasteiger partial charge in [0, 0.05) is 13.1 Å². The summed E-state index contributed by atoms with van der Waals surface area (Å²) in [5.74, 6) is 0. The first kappa shape index (κ1) is 6.96. The van der Waals surface area contributed by atoms with Crippen LogP contribution in [0.1, 0.15) is 6.42 Å². The molecule has 2 atom stereocenters. The van der Waals surface area contributed by atoms with Crippen LogP contribution >= 0.6 is 0 Å². The Morgan fingerprint density at radius 3 is 2.78 bits per heavy atom. The van der Waals surface area contributed by atoms with Crippen molar-refractivity contribution < 1.29 is 9.50 Å². The molecule has 1 fully saturated rings. The number of likely N-dealkylation sites (tertiary alicyclic amines) is 1. The average Bonchev–Trinajstić information content (AvgIpc) is 1.80. The molecule has 1 rings (SSSR count). The van der Waals surface area contributed by atoms with Gasteiger partial charge in [0.05, 0.1) is 6.10 Å². The van der Waals surface area contributed by atoms with Crippen molar-refractivity contribution in [1.29, 1.82) is 0 Å². The molecule has 54 valence electrons. The molecule has 0 bridgehead atoms. The largest absolute Gasteiger partial charge is 0.390 e. The second-order valence-electron chi connectivity index (χ2n) is 2.63. The molecule has 0 radical (unpaired) electrons. The molecule has 9 heavy (non-hydrogen) atoms. The Morgan fingerprint density at radius 1 is 1.67 bits per heavy atom. The lowest BCUT2D eigenvalue weighted by Gasteiger charge is -2.28. The summed E-state index contributed by atoms with van der Waals surface area (Å²) in [6, 6.07) is 0. The van der Waals surface area contributed by atoms with E-state index in [0.717, 1.165) is 6.54 Å². The topological polar surface area (TPSA) is 23.5 Å². The predicted molar refractivity (Wildman–Crippen MR) is 33.0 cm³/mol. The average molecular weight is 133 g/mol. The normalized spacial score (nSPS) is 39.0. The summed E-state index contributed by atoms with van der Waals surface area (Å²) >= 11 is 0. The number of alkyl halides is 1. The van der Waals surface area contributed by atoms with E-state index in [2.05, 4.69) is 0 Å². The molecule has 0 aromatic heterocycles. The molecular formula is C6H12FNO. The van der Waals surface area contributed by atoms with E-state index in [0.29, 0.717) is 13.0 Å². The van der Waals surface area contributed by atoms with Gasteiger partial charge in [-0.2, -0.15) is 0 Å². The van der Waals surface area contributed by atoms with Gasteiger partial charge in [-0.1, -0.05) is 0 Å². The van der Waals surface area contributed by atoms with Crippen molar-refractivity contribution in [2.45, 2.75) is 18.7 Å². The Balaban J connectivity index is 2.35. The molecule has 1 aliphatic rings. The zero-order valence-electron chi connectivity index (χ0n) is 5.55. The molecule has 0 saturated carbocycles. The van der Waals surface area contributed by atoms with Crippen LogP contribution in [-0.4, -0.2) is 42.4 Å². The Bertz CT molecular complexity index is 99.1. The van der Waals surface area contributed by atoms with Gasteiger partial charge in [0.15, 0.2) is 0 Å². The maximum Gasteiger partial charge on any atom is 0.138 e. The van der Waals surface area contributed by atoms with Gasteiger partial charge in [-0.15, -0.1) is 0 Å². The van der Waals surface area contributed by atoms with Crippen molar-refractivity contribution in [1.82, 2.24) is 4.90 Å². The minimum absolute atomic E-state index is 0.376. The lowest BCUT2D eigenvalue weighted by atomic mass is 10.1. The quantitative estimate of drug-likeness (QED) is 0.503. The molecule has 2 nitrogen and oxygen atoms in total. The fourth-order valence-electron chi connectivity index (χ4n) is 1.04. The van der Waals surface area contributed by atoms with Gasteiger partial charge in [0.25, 0.3) is 0 Å².